The van der Waals surface area contributed by atoms with Crippen LogP contribution in [0.5, 0.6) is 0 Å². The lowest BCUT2D eigenvalue weighted by atomic mass is 10.1. The molecule has 4 nitrogen and oxygen atoms in total. The molecule has 0 amide bonds. The van der Waals surface area contributed by atoms with Crippen LogP contribution in [0.3, 0.4) is 0 Å². The summed E-state index contributed by atoms with van der Waals surface area (Å²) in [5.74, 6) is -0.699. The first kappa shape index (κ1) is 7.48. The second kappa shape index (κ2) is 2.54. The van der Waals surface area contributed by atoms with Crippen molar-refractivity contribution in [2.75, 3.05) is 0 Å². The average Bonchev–Trinajstić information content (AvgIpc) is 2.09. The zero-order valence-electron chi connectivity index (χ0n) is 5.44. The standard InChI is InChI=1S/C6H10N2O2/c7-2-3-5(9)1-4(8)6(3)10/h3-6,9-10H,1,8H2/t3-,4-,5+,6-/m1/s1. The Balaban J connectivity index is 2.66. The molecule has 4 heteroatoms. The van der Waals surface area contributed by atoms with Gasteiger partial charge in [0, 0.05) is 6.04 Å². The number of aliphatic hydroxyl groups excluding tert-OH is 2. The Morgan fingerprint density at radius 1 is 1.50 bits per heavy atom. The smallest absolute Gasteiger partial charge is 0.0996 e. The fraction of sp³-hybridized carbons (Fsp3) is 0.833. The molecular formula is C6H10N2O2. The second-order valence-electron chi connectivity index (χ2n) is 2.61. The Labute approximate surface area is 58.9 Å². The van der Waals surface area contributed by atoms with Crippen molar-refractivity contribution in [1.82, 2.24) is 0 Å². The van der Waals surface area contributed by atoms with E-state index in [4.69, 9.17) is 21.2 Å². The van der Waals surface area contributed by atoms with Crippen LogP contribution in [0, 0.1) is 17.2 Å². The SMILES string of the molecule is N#C[C@H]1[C@@H](O)[C@H](N)C[C@@H]1O. The van der Waals surface area contributed by atoms with E-state index in [1.165, 1.54) is 0 Å². The van der Waals surface area contributed by atoms with Crippen LogP contribution >= 0.6 is 0 Å². The van der Waals surface area contributed by atoms with Crippen molar-refractivity contribution in [3.8, 4) is 6.07 Å². The Bertz CT molecular complexity index is 166. The first-order valence-corrected chi connectivity index (χ1v) is 3.18. The fourth-order valence-electron chi connectivity index (χ4n) is 1.22. The van der Waals surface area contributed by atoms with Crippen molar-refractivity contribution in [3.05, 3.63) is 0 Å². The number of nitriles is 1. The van der Waals surface area contributed by atoms with Gasteiger partial charge in [-0.1, -0.05) is 0 Å². The Morgan fingerprint density at radius 2 is 2.10 bits per heavy atom. The van der Waals surface area contributed by atoms with Crippen molar-refractivity contribution in [1.29, 1.82) is 5.26 Å². The third-order valence-electron chi connectivity index (χ3n) is 1.88. The third-order valence-corrected chi connectivity index (χ3v) is 1.88. The number of nitrogens with two attached hydrogens (primary N) is 1. The molecule has 0 spiro atoms. The van der Waals surface area contributed by atoms with Gasteiger partial charge in [0.15, 0.2) is 0 Å². The molecule has 4 atom stereocenters. The first-order chi connectivity index (χ1) is 4.66. The molecule has 0 aromatic carbocycles. The van der Waals surface area contributed by atoms with Crippen LogP contribution in [0.2, 0.25) is 0 Å². The van der Waals surface area contributed by atoms with Crippen molar-refractivity contribution in [2.24, 2.45) is 11.7 Å². The van der Waals surface area contributed by atoms with Crippen molar-refractivity contribution in [2.45, 2.75) is 24.7 Å². The van der Waals surface area contributed by atoms with E-state index >= 15 is 0 Å². The summed E-state index contributed by atoms with van der Waals surface area (Å²) in [4.78, 5) is 0. The summed E-state index contributed by atoms with van der Waals surface area (Å²) in [7, 11) is 0. The molecule has 56 valence electrons. The van der Waals surface area contributed by atoms with Gasteiger partial charge in [-0.15, -0.1) is 0 Å². The topological polar surface area (TPSA) is 90.3 Å². The predicted octanol–water partition coefficient (Wildman–Crippen LogP) is -1.42. The molecule has 0 aromatic rings. The van der Waals surface area contributed by atoms with Crippen LogP contribution in [-0.2, 0) is 0 Å². The van der Waals surface area contributed by atoms with Crippen LogP contribution in [0.4, 0.5) is 0 Å². The Kier molecular flexibility index (Phi) is 1.90. The van der Waals surface area contributed by atoms with Crippen LogP contribution < -0.4 is 5.73 Å². The molecule has 1 saturated carbocycles. The van der Waals surface area contributed by atoms with E-state index in [0.29, 0.717) is 6.42 Å². The number of aliphatic hydroxyl groups is 2. The Morgan fingerprint density at radius 3 is 2.30 bits per heavy atom. The summed E-state index contributed by atoms with van der Waals surface area (Å²) < 4.78 is 0. The highest BCUT2D eigenvalue weighted by atomic mass is 16.3. The molecule has 0 unspecified atom stereocenters. The molecule has 0 radical (unpaired) electrons. The second-order valence-corrected chi connectivity index (χ2v) is 2.61. The van der Waals surface area contributed by atoms with Gasteiger partial charge in [-0.2, -0.15) is 5.26 Å². The van der Waals surface area contributed by atoms with E-state index in [2.05, 4.69) is 0 Å². The minimum atomic E-state index is -0.861. The lowest BCUT2D eigenvalue weighted by molar-refractivity contribution is 0.0922. The highest BCUT2D eigenvalue weighted by Crippen LogP contribution is 2.24. The van der Waals surface area contributed by atoms with Crippen molar-refractivity contribution < 1.29 is 10.2 Å². The summed E-state index contributed by atoms with van der Waals surface area (Å²) in [6.07, 6.45) is -1.30. The number of nitrogens with zero attached hydrogens (tertiary/aromatic N) is 1. The van der Waals surface area contributed by atoms with Gasteiger partial charge >= 0.3 is 0 Å². The van der Waals surface area contributed by atoms with Gasteiger partial charge in [-0.05, 0) is 6.42 Å². The fourth-order valence-corrected chi connectivity index (χ4v) is 1.22. The lowest BCUT2D eigenvalue weighted by Crippen LogP contribution is -2.32. The molecule has 0 aliphatic heterocycles. The van der Waals surface area contributed by atoms with E-state index in [1.54, 1.807) is 0 Å². The monoisotopic (exact) mass is 142 g/mol. The summed E-state index contributed by atoms with van der Waals surface area (Å²) >= 11 is 0. The van der Waals surface area contributed by atoms with Crippen LogP contribution in [0.15, 0.2) is 0 Å². The number of rotatable bonds is 0. The van der Waals surface area contributed by atoms with Gasteiger partial charge in [0.25, 0.3) is 0 Å². The highest BCUT2D eigenvalue weighted by molar-refractivity contribution is 5.03. The van der Waals surface area contributed by atoms with Gasteiger partial charge in [0.05, 0.1) is 24.2 Å². The van der Waals surface area contributed by atoms with Crippen LogP contribution in [0.1, 0.15) is 6.42 Å². The van der Waals surface area contributed by atoms with E-state index in [-0.39, 0.29) is 0 Å². The minimum Gasteiger partial charge on any atom is -0.392 e. The molecule has 1 fully saturated rings. The maximum atomic E-state index is 9.12. The third kappa shape index (κ3) is 0.991. The molecule has 0 heterocycles. The molecule has 0 bridgehead atoms. The maximum absolute atomic E-state index is 9.12. The maximum Gasteiger partial charge on any atom is 0.0996 e. The summed E-state index contributed by atoms with van der Waals surface area (Å²) in [5.41, 5.74) is 5.37. The van der Waals surface area contributed by atoms with E-state index in [0.717, 1.165) is 0 Å². The van der Waals surface area contributed by atoms with Gasteiger partial charge in [-0.3, -0.25) is 0 Å². The Hall–Kier alpha value is -0.630. The zero-order chi connectivity index (χ0) is 7.72. The molecule has 10 heavy (non-hydrogen) atoms. The summed E-state index contributed by atoms with van der Waals surface area (Å²) in [6.45, 7) is 0. The van der Waals surface area contributed by atoms with E-state index < -0.39 is 24.2 Å². The first-order valence-electron chi connectivity index (χ1n) is 3.18. The average molecular weight is 142 g/mol. The molecule has 4 N–H and O–H groups in total. The van der Waals surface area contributed by atoms with Crippen LogP contribution in [-0.4, -0.2) is 28.5 Å². The zero-order valence-corrected chi connectivity index (χ0v) is 5.44. The van der Waals surface area contributed by atoms with E-state index in [9.17, 15) is 0 Å². The van der Waals surface area contributed by atoms with Gasteiger partial charge in [0.2, 0.25) is 0 Å². The highest BCUT2D eigenvalue weighted by Gasteiger charge is 2.39. The lowest BCUT2D eigenvalue weighted by Gasteiger charge is -2.09. The minimum absolute atomic E-state index is 0.319. The predicted molar refractivity (Wildman–Crippen MR) is 33.7 cm³/mol. The van der Waals surface area contributed by atoms with Crippen molar-refractivity contribution in [3.63, 3.8) is 0 Å². The summed E-state index contributed by atoms with van der Waals surface area (Å²) in [6, 6.07) is 1.37. The molecule has 0 aromatic heterocycles. The molecule has 0 saturated heterocycles. The normalized spacial score (nSPS) is 47.0. The molecule has 1 aliphatic rings. The van der Waals surface area contributed by atoms with Gasteiger partial charge in [-0.25, -0.2) is 0 Å². The molecule has 1 rings (SSSR count). The van der Waals surface area contributed by atoms with E-state index in [1.807, 2.05) is 6.07 Å². The van der Waals surface area contributed by atoms with Gasteiger partial charge < -0.3 is 15.9 Å². The van der Waals surface area contributed by atoms with Gasteiger partial charge in [0.1, 0.15) is 0 Å². The largest absolute Gasteiger partial charge is 0.392 e. The quantitative estimate of drug-likeness (QED) is 0.387. The number of hydrogen-bond donors (Lipinski definition) is 3. The molecular weight excluding hydrogens is 132 g/mol. The summed E-state index contributed by atoms with van der Waals surface area (Å²) in [5, 5.41) is 26.6. The molecule has 1 aliphatic carbocycles. The number of hydrogen-bond acceptors (Lipinski definition) is 4. The van der Waals surface area contributed by atoms with Crippen molar-refractivity contribution >= 4 is 0 Å². The van der Waals surface area contributed by atoms with Crippen LogP contribution in [0.25, 0.3) is 0 Å².